The lowest BCUT2D eigenvalue weighted by Crippen LogP contribution is -2.32. The van der Waals surface area contributed by atoms with E-state index >= 15 is 0 Å². The molecule has 8 heteroatoms. The van der Waals surface area contributed by atoms with E-state index in [0.717, 1.165) is 11.3 Å². The maximum Gasteiger partial charge on any atom is 0.265 e. The Morgan fingerprint density at radius 1 is 1.09 bits per heavy atom. The van der Waals surface area contributed by atoms with Crippen molar-refractivity contribution in [1.29, 1.82) is 0 Å². The molecule has 3 rings (SSSR count). The van der Waals surface area contributed by atoms with Gasteiger partial charge in [-0.1, -0.05) is 17.7 Å². The van der Waals surface area contributed by atoms with E-state index < -0.39 is 6.10 Å². The van der Waals surface area contributed by atoms with Gasteiger partial charge in [0.15, 0.2) is 11.9 Å². The molecule has 1 amide bonds. The zero-order valence-electron chi connectivity index (χ0n) is 19.1. The van der Waals surface area contributed by atoms with E-state index in [0.29, 0.717) is 35.3 Å². The number of pyridine rings is 1. The van der Waals surface area contributed by atoms with Crippen molar-refractivity contribution in [3.05, 3.63) is 81.2 Å². The number of hydrogen-bond acceptors (Lipinski definition) is 5. The van der Waals surface area contributed by atoms with E-state index in [2.05, 4.69) is 5.32 Å². The van der Waals surface area contributed by atoms with Gasteiger partial charge in [0.25, 0.3) is 5.91 Å². The molecule has 2 aromatic carbocycles. The van der Waals surface area contributed by atoms with Crippen LogP contribution in [0, 0.1) is 13.8 Å². The number of benzene rings is 2. The summed E-state index contributed by atoms with van der Waals surface area (Å²) < 4.78 is 18.5. The van der Waals surface area contributed by atoms with Crippen LogP contribution in [0.5, 0.6) is 17.2 Å². The number of nitrogens with one attached hydrogen (secondary N) is 1. The fourth-order valence-corrected chi connectivity index (χ4v) is 3.30. The number of carbonyl (C=O) groups excluding carboxylic acids is 1. The van der Waals surface area contributed by atoms with E-state index in [1.54, 1.807) is 39.3 Å². The van der Waals surface area contributed by atoms with E-state index in [9.17, 15) is 9.59 Å². The lowest BCUT2D eigenvalue weighted by molar-refractivity contribution is -0.122. The van der Waals surface area contributed by atoms with Crippen molar-refractivity contribution in [2.45, 2.75) is 33.4 Å². The van der Waals surface area contributed by atoms with Crippen LogP contribution in [0.2, 0.25) is 5.02 Å². The number of rotatable bonds is 9. The average molecular weight is 471 g/mol. The molecule has 7 nitrogen and oxygen atoms in total. The van der Waals surface area contributed by atoms with Crippen LogP contribution in [-0.4, -0.2) is 30.3 Å². The summed E-state index contributed by atoms with van der Waals surface area (Å²) in [5, 5.41) is 3.31. The maximum absolute atomic E-state index is 12.6. The molecule has 1 N–H and O–H groups in total. The van der Waals surface area contributed by atoms with Crippen LogP contribution in [0.4, 0.5) is 5.69 Å². The van der Waals surface area contributed by atoms with E-state index in [4.69, 9.17) is 25.8 Å². The summed E-state index contributed by atoms with van der Waals surface area (Å²) in [6.07, 6.45) is 0.795. The Bertz CT molecular complexity index is 1170. The molecule has 0 bridgehead atoms. The topological polar surface area (TPSA) is 78.8 Å². The summed E-state index contributed by atoms with van der Waals surface area (Å²) in [6, 6.07) is 14.0. The Morgan fingerprint density at radius 3 is 2.45 bits per heavy atom. The first-order valence-electron chi connectivity index (χ1n) is 10.5. The van der Waals surface area contributed by atoms with Crippen molar-refractivity contribution in [3.8, 4) is 17.2 Å². The van der Waals surface area contributed by atoms with Crippen molar-refractivity contribution in [3.63, 3.8) is 0 Å². The first-order valence-corrected chi connectivity index (χ1v) is 10.9. The number of aromatic nitrogens is 1. The number of halogens is 1. The second-order valence-electron chi connectivity index (χ2n) is 7.53. The van der Waals surface area contributed by atoms with Gasteiger partial charge < -0.3 is 24.1 Å². The van der Waals surface area contributed by atoms with Gasteiger partial charge in [-0.3, -0.25) is 9.59 Å². The molecular formula is C25H27ClN2O5. The molecule has 1 unspecified atom stereocenters. The molecule has 33 heavy (non-hydrogen) atoms. The van der Waals surface area contributed by atoms with Crippen LogP contribution in [0.3, 0.4) is 0 Å². The minimum atomic E-state index is -0.886. The maximum atomic E-state index is 12.6. The first kappa shape index (κ1) is 24.2. The van der Waals surface area contributed by atoms with Gasteiger partial charge in [0.1, 0.15) is 18.1 Å². The Labute approximate surface area is 197 Å². The second-order valence-corrected chi connectivity index (χ2v) is 7.93. The van der Waals surface area contributed by atoms with E-state index in [1.165, 1.54) is 6.07 Å². The molecule has 0 radical (unpaired) electrons. The smallest absolute Gasteiger partial charge is 0.265 e. The van der Waals surface area contributed by atoms with Crippen molar-refractivity contribution >= 4 is 23.2 Å². The largest absolute Gasteiger partial charge is 0.497 e. The Balaban J connectivity index is 1.63. The standard InChI is InChI=1S/C25H27ClN2O5/c1-16-5-6-19(15-22(16)26)27-25(30)18(3)33-24-17(2)28(12-11-23(24)29)13-14-32-21-9-7-20(31-4)8-10-21/h5-12,15,18H,13-14H2,1-4H3,(H,27,30). The molecule has 174 valence electrons. The molecule has 0 aliphatic rings. The van der Waals surface area contributed by atoms with Gasteiger partial charge >= 0.3 is 0 Å². The Hall–Kier alpha value is -3.45. The highest BCUT2D eigenvalue weighted by Crippen LogP contribution is 2.21. The normalized spacial score (nSPS) is 11.5. The first-order chi connectivity index (χ1) is 15.8. The molecule has 0 spiro atoms. The van der Waals surface area contributed by atoms with Crippen LogP contribution in [0.25, 0.3) is 0 Å². The third-order valence-electron chi connectivity index (χ3n) is 5.15. The molecule has 1 heterocycles. The van der Waals surface area contributed by atoms with Gasteiger partial charge in [-0.25, -0.2) is 0 Å². The fraction of sp³-hybridized carbons (Fsp3) is 0.280. The van der Waals surface area contributed by atoms with Crippen LogP contribution < -0.4 is 25.0 Å². The molecule has 0 fully saturated rings. The highest BCUT2D eigenvalue weighted by molar-refractivity contribution is 6.31. The molecular weight excluding hydrogens is 444 g/mol. The van der Waals surface area contributed by atoms with Crippen LogP contribution >= 0.6 is 11.6 Å². The summed E-state index contributed by atoms with van der Waals surface area (Å²) in [4.78, 5) is 25.0. The third-order valence-corrected chi connectivity index (χ3v) is 5.56. The Morgan fingerprint density at radius 2 is 1.79 bits per heavy atom. The molecule has 0 saturated heterocycles. The number of anilines is 1. The van der Waals surface area contributed by atoms with E-state index in [1.807, 2.05) is 41.8 Å². The average Bonchev–Trinajstić information content (AvgIpc) is 2.80. The van der Waals surface area contributed by atoms with Gasteiger partial charge in [0, 0.05) is 23.0 Å². The zero-order chi connectivity index (χ0) is 24.0. The SMILES string of the molecule is COc1ccc(OCCn2ccc(=O)c(OC(C)C(=O)Nc3ccc(C)c(Cl)c3)c2C)cc1. The van der Waals surface area contributed by atoms with Gasteiger partial charge in [-0.2, -0.15) is 0 Å². The van der Waals surface area contributed by atoms with Gasteiger partial charge in [0.05, 0.1) is 19.3 Å². The minimum absolute atomic E-state index is 0.131. The number of aryl methyl sites for hydroxylation is 1. The zero-order valence-corrected chi connectivity index (χ0v) is 19.8. The molecule has 0 aliphatic carbocycles. The Kier molecular flexibility index (Phi) is 8.01. The van der Waals surface area contributed by atoms with Gasteiger partial charge in [0.2, 0.25) is 5.43 Å². The molecule has 3 aromatic rings. The molecule has 0 saturated carbocycles. The lowest BCUT2D eigenvalue weighted by Gasteiger charge is -2.19. The van der Waals surface area contributed by atoms with E-state index in [-0.39, 0.29) is 17.1 Å². The lowest BCUT2D eigenvalue weighted by atomic mass is 10.2. The number of nitrogens with zero attached hydrogens (tertiary/aromatic N) is 1. The van der Waals surface area contributed by atoms with Gasteiger partial charge in [-0.15, -0.1) is 0 Å². The second kappa shape index (κ2) is 10.9. The predicted molar refractivity (Wildman–Crippen MR) is 129 cm³/mol. The van der Waals surface area contributed by atoms with Crippen molar-refractivity contribution in [2.75, 3.05) is 19.0 Å². The highest BCUT2D eigenvalue weighted by Gasteiger charge is 2.19. The highest BCUT2D eigenvalue weighted by atomic mass is 35.5. The number of hydrogen-bond donors (Lipinski definition) is 1. The third kappa shape index (κ3) is 6.29. The molecule has 0 aliphatic heterocycles. The minimum Gasteiger partial charge on any atom is -0.497 e. The van der Waals surface area contributed by atoms with Crippen molar-refractivity contribution in [2.24, 2.45) is 0 Å². The molecule has 1 atom stereocenters. The van der Waals surface area contributed by atoms with Crippen LogP contribution in [-0.2, 0) is 11.3 Å². The summed E-state index contributed by atoms with van der Waals surface area (Å²) >= 11 is 6.12. The summed E-state index contributed by atoms with van der Waals surface area (Å²) in [7, 11) is 1.61. The van der Waals surface area contributed by atoms with Gasteiger partial charge in [-0.05, 0) is 62.7 Å². The predicted octanol–water partition coefficient (Wildman–Crippen LogP) is 4.61. The monoisotopic (exact) mass is 470 g/mol. The van der Waals surface area contributed by atoms with Crippen molar-refractivity contribution in [1.82, 2.24) is 4.57 Å². The quantitative estimate of drug-likeness (QED) is 0.494. The number of amides is 1. The number of ether oxygens (including phenoxy) is 3. The summed E-state index contributed by atoms with van der Waals surface area (Å²) in [5.41, 5.74) is 1.79. The summed E-state index contributed by atoms with van der Waals surface area (Å²) in [6.45, 7) is 6.13. The number of carbonyl (C=O) groups is 1. The summed E-state index contributed by atoms with van der Waals surface area (Å²) in [5.74, 6) is 1.22. The van der Waals surface area contributed by atoms with Crippen molar-refractivity contribution < 1.29 is 19.0 Å². The van der Waals surface area contributed by atoms with Crippen LogP contribution in [0.1, 0.15) is 18.2 Å². The molecule has 1 aromatic heterocycles. The van der Waals surface area contributed by atoms with Crippen LogP contribution in [0.15, 0.2) is 59.5 Å². The fourth-order valence-electron chi connectivity index (χ4n) is 3.12. The number of methoxy groups -OCH3 is 1.